The van der Waals surface area contributed by atoms with Crippen LogP contribution in [0.1, 0.15) is 12.5 Å². The Morgan fingerprint density at radius 3 is 2.62 bits per heavy atom. The van der Waals surface area contributed by atoms with Crippen LogP contribution < -0.4 is 0 Å². The molecule has 0 aliphatic carbocycles. The van der Waals surface area contributed by atoms with E-state index in [1.165, 1.54) is 4.90 Å². The van der Waals surface area contributed by atoms with Crippen molar-refractivity contribution in [3.05, 3.63) is 35.9 Å². The number of carbonyl (C=O) groups is 2. The fourth-order valence-corrected chi connectivity index (χ4v) is 1.32. The van der Waals surface area contributed by atoms with Crippen LogP contribution in [0.25, 0.3) is 0 Å². The Morgan fingerprint density at radius 2 is 2.06 bits per heavy atom. The van der Waals surface area contributed by atoms with Gasteiger partial charge in [-0.3, -0.25) is 9.59 Å². The fraction of sp³-hybridized carbons (Fsp3) is 0.333. The van der Waals surface area contributed by atoms with Crippen LogP contribution in [0.15, 0.2) is 30.3 Å². The molecular formula is C12H15NO3. The van der Waals surface area contributed by atoms with E-state index in [4.69, 9.17) is 4.74 Å². The molecule has 0 unspecified atom stereocenters. The Kier molecular flexibility index (Phi) is 5.05. The van der Waals surface area contributed by atoms with Crippen molar-refractivity contribution in [2.75, 3.05) is 13.2 Å². The van der Waals surface area contributed by atoms with Gasteiger partial charge in [0.2, 0.25) is 6.41 Å². The number of rotatable bonds is 6. The number of hydrogen-bond acceptors (Lipinski definition) is 3. The highest BCUT2D eigenvalue weighted by molar-refractivity contribution is 5.74. The van der Waals surface area contributed by atoms with Crippen LogP contribution in [0.2, 0.25) is 0 Å². The predicted molar refractivity (Wildman–Crippen MR) is 59.5 cm³/mol. The molecule has 0 saturated carbocycles. The lowest BCUT2D eigenvalue weighted by Crippen LogP contribution is -2.29. The lowest BCUT2D eigenvalue weighted by molar-refractivity contribution is -0.146. The topological polar surface area (TPSA) is 46.6 Å². The van der Waals surface area contributed by atoms with Crippen molar-refractivity contribution in [1.82, 2.24) is 4.90 Å². The second-order valence-corrected chi connectivity index (χ2v) is 3.30. The average Bonchev–Trinajstić information content (AvgIpc) is 2.30. The monoisotopic (exact) mass is 221 g/mol. The van der Waals surface area contributed by atoms with Crippen molar-refractivity contribution in [2.24, 2.45) is 0 Å². The van der Waals surface area contributed by atoms with Gasteiger partial charge in [0.1, 0.15) is 6.54 Å². The Balaban J connectivity index is 2.49. The third kappa shape index (κ3) is 4.13. The normalized spacial score (nSPS) is 9.56. The SMILES string of the molecule is CCOC(=O)CN(C=O)Cc1ccccc1. The summed E-state index contributed by atoms with van der Waals surface area (Å²) in [5, 5.41) is 0. The number of esters is 1. The molecule has 4 heteroatoms. The van der Waals surface area contributed by atoms with Gasteiger partial charge in [-0.2, -0.15) is 0 Å². The third-order valence-electron chi connectivity index (χ3n) is 2.02. The van der Waals surface area contributed by atoms with Gasteiger partial charge in [-0.15, -0.1) is 0 Å². The minimum Gasteiger partial charge on any atom is -0.465 e. The van der Waals surface area contributed by atoms with Gasteiger partial charge >= 0.3 is 5.97 Å². The van der Waals surface area contributed by atoms with Crippen molar-refractivity contribution >= 4 is 12.4 Å². The Bertz CT molecular complexity index is 337. The molecule has 0 spiro atoms. The average molecular weight is 221 g/mol. The maximum absolute atomic E-state index is 11.2. The second kappa shape index (κ2) is 6.61. The van der Waals surface area contributed by atoms with E-state index in [1.807, 2.05) is 30.3 Å². The summed E-state index contributed by atoms with van der Waals surface area (Å²) in [5.41, 5.74) is 0.985. The van der Waals surface area contributed by atoms with E-state index in [1.54, 1.807) is 6.92 Å². The summed E-state index contributed by atoms with van der Waals surface area (Å²) in [5.74, 6) is -0.384. The molecule has 0 N–H and O–H groups in total. The molecule has 0 aromatic heterocycles. The van der Waals surface area contributed by atoms with Gasteiger partial charge in [-0.25, -0.2) is 0 Å². The first-order valence-electron chi connectivity index (χ1n) is 5.15. The molecule has 0 aliphatic heterocycles. The number of ether oxygens (including phenoxy) is 1. The molecule has 1 aromatic rings. The summed E-state index contributed by atoms with van der Waals surface area (Å²) in [6.45, 7) is 2.48. The molecule has 1 rings (SSSR count). The number of hydrogen-bond donors (Lipinski definition) is 0. The fourth-order valence-electron chi connectivity index (χ4n) is 1.32. The van der Waals surface area contributed by atoms with Gasteiger partial charge < -0.3 is 9.64 Å². The van der Waals surface area contributed by atoms with Crippen molar-refractivity contribution < 1.29 is 14.3 Å². The van der Waals surface area contributed by atoms with Gasteiger partial charge in [0.25, 0.3) is 0 Å². The van der Waals surface area contributed by atoms with Crippen LogP contribution in [-0.4, -0.2) is 30.4 Å². The van der Waals surface area contributed by atoms with Gasteiger partial charge in [0.05, 0.1) is 6.61 Å². The van der Waals surface area contributed by atoms with Crippen LogP contribution in [-0.2, 0) is 20.9 Å². The minimum atomic E-state index is -0.384. The molecule has 0 bridgehead atoms. The summed E-state index contributed by atoms with van der Waals surface area (Å²) < 4.78 is 4.77. The molecule has 0 radical (unpaired) electrons. The first kappa shape index (κ1) is 12.2. The summed E-state index contributed by atoms with van der Waals surface area (Å²) in [6.07, 6.45) is 0.657. The smallest absolute Gasteiger partial charge is 0.325 e. The molecule has 1 amide bonds. The van der Waals surface area contributed by atoms with E-state index in [2.05, 4.69) is 0 Å². The van der Waals surface area contributed by atoms with Gasteiger partial charge in [0.15, 0.2) is 0 Å². The summed E-state index contributed by atoms with van der Waals surface area (Å²) in [4.78, 5) is 23.3. The van der Waals surface area contributed by atoms with Crippen molar-refractivity contribution in [3.8, 4) is 0 Å². The molecule has 1 aromatic carbocycles. The zero-order chi connectivity index (χ0) is 11.8. The molecule has 0 aliphatic rings. The van der Waals surface area contributed by atoms with E-state index in [9.17, 15) is 9.59 Å². The molecule has 0 heterocycles. The number of amides is 1. The first-order chi connectivity index (χ1) is 7.76. The second-order valence-electron chi connectivity index (χ2n) is 3.30. The van der Waals surface area contributed by atoms with Gasteiger partial charge in [0, 0.05) is 6.54 Å². The van der Waals surface area contributed by atoms with Gasteiger partial charge in [-0.05, 0) is 12.5 Å². The lowest BCUT2D eigenvalue weighted by atomic mass is 10.2. The Labute approximate surface area is 94.8 Å². The highest BCUT2D eigenvalue weighted by Crippen LogP contribution is 2.02. The van der Waals surface area contributed by atoms with E-state index < -0.39 is 0 Å². The largest absolute Gasteiger partial charge is 0.465 e. The molecular weight excluding hydrogens is 206 g/mol. The lowest BCUT2D eigenvalue weighted by Gasteiger charge is -2.15. The number of carbonyl (C=O) groups excluding carboxylic acids is 2. The van der Waals surface area contributed by atoms with Crippen molar-refractivity contribution in [1.29, 1.82) is 0 Å². The molecule has 4 nitrogen and oxygen atoms in total. The van der Waals surface area contributed by atoms with E-state index in [-0.39, 0.29) is 12.5 Å². The standard InChI is InChI=1S/C12H15NO3/c1-2-16-12(15)9-13(10-14)8-11-6-4-3-5-7-11/h3-7,10H,2,8-9H2,1H3. The van der Waals surface area contributed by atoms with E-state index >= 15 is 0 Å². The molecule has 16 heavy (non-hydrogen) atoms. The maximum atomic E-state index is 11.2. The van der Waals surface area contributed by atoms with E-state index in [0.717, 1.165) is 5.56 Å². The Hall–Kier alpha value is -1.84. The molecule has 86 valence electrons. The van der Waals surface area contributed by atoms with Crippen LogP contribution >= 0.6 is 0 Å². The first-order valence-corrected chi connectivity index (χ1v) is 5.15. The van der Waals surface area contributed by atoms with Crippen molar-refractivity contribution in [3.63, 3.8) is 0 Å². The molecule has 0 fully saturated rings. The van der Waals surface area contributed by atoms with E-state index in [0.29, 0.717) is 19.6 Å². The van der Waals surface area contributed by atoms with Crippen LogP contribution in [0.4, 0.5) is 0 Å². The quantitative estimate of drug-likeness (QED) is 0.536. The molecule has 0 atom stereocenters. The highest BCUT2D eigenvalue weighted by atomic mass is 16.5. The summed E-state index contributed by atoms with van der Waals surface area (Å²) >= 11 is 0. The van der Waals surface area contributed by atoms with Gasteiger partial charge in [-0.1, -0.05) is 30.3 Å². The minimum absolute atomic E-state index is 0.00770. The third-order valence-corrected chi connectivity index (χ3v) is 2.02. The van der Waals surface area contributed by atoms with Crippen LogP contribution in [0.3, 0.4) is 0 Å². The van der Waals surface area contributed by atoms with Crippen LogP contribution in [0.5, 0.6) is 0 Å². The van der Waals surface area contributed by atoms with Crippen molar-refractivity contribution in [2.45, 2.75) is 13.5 Å². The maximum Gasteiger partial charge on any atom is 0.325 e. The summed E-state index contributed by atoms with van der Waals surface area (Å²) in [7, 11) is 0. The van der Waals surface area contributed by atoms with Crippen LogP contribution in [0, 0.1) is 0 Å². The zero-order valence-electron chi connectivity index (χ0n) is 9.26. The predicted octanol–water partition coefficient (Wildman–Crippen LogP) is 1.21. The number of nitrogens with zero attached hydrogens (tertiary/aromatic N) is 1. The highest BCUT2D eigenvalue weighted by Gasteiger charge is 2.09. The summed E-state index contributed by atoms with van der Waals surface area (Å²) in [6, 6.07) is 9.49. The zero-order valence-corrected chi connectivity index (χ0v) is 9.26. The number of benzene rings is 1. The molecule has 0 saturated heterocycles. The Morgan fingerprint density at radius 1 is 1.38 bits per heavy atom.